The first kappa shape index (κ1) is 15.6. The van der Waals surface area contributed by atoms with Crippen LogP contribution >= 0.6 is 0 Å². The molecule has 0 radical (unpaired) electrons. The van der Waals surface area contributed by atoms with E-state index in [9.17, 15) is 9.59 Å². The van der Waals surface area contributed by atoms with E-state index in [2.05, 4.69) is 10.3 Å². The average Bonchev–Trinajstić information content (AvgIpc) is 2.96. The van der Waals surface area contributed by atoms with Crippen LogP contribution in [-0.4, -0.2) is 29.0 Å². The Balaban J connectivity index is 2.17. The van der Waals surface area contributed by atoms with E-state index in [0.717, 1.165) is 12.8 Å². The first-order chi connectivity index (χ1) is 9.90. The highest BCUT2D eigenvalue weighted by molar-refractivity contribution is 6.00. The number of aromatic amines is 1. The second-order valence-electron chi connectivity index (χ2n) is 6.03. The van der Waals surface area contributed by atoms with Gasteiger partial charge in [0.15, 0.2) is 0 Å². The largest absolute Gasteiger partial charge is 0.459 e. The molecule has 1 saturated carbocycles. The summed E-state index contributed by atoms with van der Waals surface area (Å²) < 4.78 is 5.23. The Kier molecular flexibility index (Phi) is 4.70. The summed E-state index contributed by atoms with van der Waals surface area (Å²) in [6, 6.07) is 0.256. The lowest BCUT2D eigenvalue weighted by molar-refractivity contribution is 0.0376. The second-order valence-corrected chi connectivity index (χ2v) is 6.03. The second kappa shape index (κ2) is 6.33. The van der Waals surface area contributed by atoms with E-state index < -0.39 is 0 Å². The fourth-order valence-corrected chi connectivity index (χ4v) is 2.88. The fraction of sp³-hybridized carbons (Fsp3) is 0.625. The number of H-pyrrole nitrogens is 1. The normalized spacial score (nSPS) is 15.5. The zero-order chi connectivity index (χ0) is 15.6. The molecule has 0 aromatic carbocycles. The molecular formula is C16H24N2O3. The molecule has 0 atom stereocenters. The molecule has 1 aromatic heterocycles. The van der Waals surface area contributed by atoms with E-state index in [0.29, 0.717) is 22.5 Å². The van der Waals surface area contributed by atoms with Crippen molar-refractivity contribution < 1.29 is 14.3 Å². The third-order valence-electron chi connectivity index (χ3n) is 3.90. The van der Waals surface area contributed by atoms with Crippen molar-refractivity contribution in [2.75, 3.05) is 0 Å². The third kappa shape index (κ3) is 3.46. The van der Waals surface area contributed by atoms with Crippen molar-refractivity contribution in [3.05, 3.63) is 22.5 Å². The van der Waals surface area contributed by atoms with Crippen LogP contribution < -0.4 is 5.32 Å². The SMILES string of the molecule is Cc1[nH]c(C(=O)NC2CCCC2)c(C)c1C(=O)OC(C)C. The molecule has 0 bridgehead atoms. The standard InChI is InChI=1S/C16H24N2O3/c1-9(2)21-16(20)13-10(3)14(17-11(13)4)15(19)18-12-7-5-6-8-12/h9,12,17H,5-8H2,1-4H3,(H,18,19). The van der Waals surface area contributed by atoms with Crippen LogP contribution in [0.25, 0.3) is 0 Å². The van der Waals surface area contributed by atoms with Gasteiger partial charge in [-0.3, -0.25) is 4.79 Å². The maximum absolute atomic E-state index is 12.3. The summed E-state index contributed by atoms with van der Waals surface area (Å²) in [5, 5.41) is 3.03. The number of rotatable bonds is 4. The zero-order valence-corrected chi connectivity index (χ0v) is 13.2. The number of nitrogens with one attached hydrogen (secondary N) is 2. The Morgan fingerprint density at radius 3 is 2.43 bits per heavy atom. The van der Waals surface area contributed by atoms with Gasteiger partial charge in [0.25, 0.3) is 5.91 Å². The molecule has 1 aromatic rings. The average molecular weight is 292 g/mol. The van der Waals surface area contributed by atoms with Crippen LogP contribution in [0, 0.1) is 13.8 Å². The Bertz CT molecular complexity index is 540. The fourth-order valence-electron chi connectivity index (χ4n) is 2.88. The Hall–Kier alpha value is -1.78. The summed E-state index contributed by atoms with van der Waals surface area (Å²) in [6.07, 6.45) is 4.22. The van der Waals surface area contributed by atoms with Gasteiger partial charge >= 0.3 is 5.97 Å². The molecule has 5 nitrogen and oxygen atoms in total. The van der Waals surface area contributed by atoms with E-state index in [1.807, 2.05) is 13.8 Å². The van der Waals surface area contributed by atoms with Gasteiger partial charge < -0.3 is 15.0 Å². The smallest absolute Gasteiger partial charge is 0.340 e. The maximum Gasteiger partial charge on any atom is 0.340 e. The minimum atomic E-state index is -0.379. The van der Waals surface area contributed by atoms with Gasteiger partial charge in [-0.25, -0.2) is 4.79 Å². The van der Waals surface area contributed by atoms with Gasteiger partial charge in [0.05, 0.1) is 11.7 Å². The molecule has 0 saturated heterocycles. The molecular weight excluding hydrogens is 268 g/mol. The lowest BCUT2D eigenvalue weighted by atomic mass is 10.1. The van der Waals surface area contributed by atoms with Crippen molar-refractivity contribution >= 4 is 11.9 Å². The predicted octanol–water partition coefficient (Wildman–Crippen LogP) is 2.87. The quantitative estimate of drug-likeness (QED) is 0.838. The van der Waals surface area contributed by atoms with Crippen LogP contribution in [-0.2, 0) is 4.74 Å². The molecule has 5 heteroatoms. The highest BCUT2D eigenvalue weighted by atomic mass is 16.5. The lowest BCUT2D eigenvalue weighted by Crippen LogP contribution is -2.33. The van der Waals surface area contributed by atoms with Crippen molar-refractivity contribution in [3.8, 4) is 0 Å². The van der Waals surface area contributed by atoms with Crippen LogP contribution in [0.4, 0.5) is 0 Å². The topological polar surface area (TPSA) is 71.2 Å². The number of carbonyl (C=O) groups is 2. The first-order valence-corrected chi connectivity index (χ1v) is 7.61. The van der Waals surface area contributed by atoms with Crippen LogP contribution in [0.15, 0.2) is 0 Å². The van der Waals surface area contributed by atoms with Crippen molar-refractivity contribution in [3.63, 3.8) is 0 Å². The van der Waals surface area contributed by atoms with Crippen LogP contribution in [0.5, 0.6) is 0 Å². The van der Waals surface area contributed by atoms with E-state index >= 15 is 0 Å². The number of amides is 1. The number of esters is 1. The van der Waals surface area contributed by atoms with Crippen molar-refractivity contribution in [1.29, 1.82) is 0 Å². The highest BCUT2D eigenvalue weighted by Crippen LogP contribution is 2.22. The summed E-state index contributed by atoms with van der Waals surface area (Å²) >= 11 is 0. The third-order valence-corrected chi connectivity index (χ3v) is 3.90. The van der Waals surface area contributed by atoms with Gasteiger partial charge in [0.1, 0.15) is 5.69 Å². The van der Waals surface area contributed by atoms with Crippen LogP contribution in [0.3, 0.4) is 0 Å². The summed E-state index contributed by atoms with van der Waals surface area (Å²) in [5.41, 5.74) is 2.28. The summed E-state index contributed by atoms with van der Waals surface area (Å²) in [5.74, 6) is -0.512. The number of hydrogen-bond donors (Lipinski definition) is 2. The van der Waals surface area contributed by atoms with Crippen LogP contribution in [0.2, 0.25) is 0 Å². The summed E-state index contributed by atoms with van der Waals surface area (Å²) in [4.78, 5) is 27.5. The Labute approximate surface area is 125 Å². The van der Waals surface area contributed by atoms with Crippen molar-refractivity contribution in [2.45, 2.75) is 65.5 Å². The van der Waals surface area contributed by atoms with E-state index in [-0.39, 0.29) is 24.0 Å². The van der Waals surface area contributed by atoms with E-state index in [1.54, 1.807) is 13.8 Å². The van der Waals surface area contributed by atoms with Gasteiger partial charge in [-0.15, -0.1) is 0 Å². The Morgan fingerprint density at radius 1 is 1.24 bits per heavy atom. The van der Waals surface area contributed by atoms with Crippen molar-refractivity contribution in [2.24, 2.45) is 0 Å². The minimum absolute atomic E-state index is 0.133. The molecule has 1 heterocycles. The molecule has 1 aliphatic carbocycles. The maximum atomic E-state index is 12.3. The summed E-state index contributed by atoms with van der Waals surface area (Å²) in [7, 11) is 0. The first-order valence-electron chi connectivity index (χ1n) is 7.61. The molecule has 0 unspecified atom stereocenters. The van der Waals surface area contributed by atoms with Gasteiger partial charge in [0.2, 0.25) is 0 Å². The number of ether oxygens (including phenoxy) is 1. The number of carbonyl (C=O) groups excluding carboxylic acids is 2. The van der Waals surface area contributed by atoms with Crippen molar-refractivity contribution in [1.82, 2.24) is 10.3 Å². The minimum Gasteiger partial charge on any atom is -0.459 e. The number of hydrogen-bond acceptors (Lipinski definition) is 3. The Morgan fingerprint density at radius 2 is 1.86 bits per heavy atom. The predicted molar refractivity (Wildman–Crippen MR) is 80.5 cm³/mol. The number of aryl methyl sites for hydroxylation is 1. The van der Waals surface area contributed by atoms with Gasteiger partial charge in [-0.1, -0.05) is 12.8 Å². The molecule has 0 aliphatic heterocycles. The molecule has 1 aliphatic rings. The molecule has 2 N–H and O–H groups in total. The van der Waals surface area contributed by atoms with Crippen LogP contribution in [0.1, 0.15) is 71.6 Å². The molecule has 2 rings (SSSR count). The van der Waals surface area contributed by atoms with E-state index in [1.165, 1.54) is 12.8 Å². The molecule has 1 fully saturated rings. The van der Waals surface area contributed by atoms with Gasteiger partial charge in [-0.2, -0.15) is 0 Å². The monoisotopic (exact) mass is 292 g/mol. The lowest BCUT2D eigenvalue weighted by Gasteiger charge is -2.11. The summed E-state index contributed by atoms with van der Waals surface area (Å²) in [6.45, 7) is 7.19. The zero-order valence-electron chi connectivity index (χ0n) is 13.2. The molecule has 116 valence electrons. The molecule has 1 amide bonds. The molecule has 21 heavy (non-hydrogen) atoms. The highest BCUT2D eigenvalue weighted by Gasteiger charge is 2.25. The number of aromatic nitrogens is 1. The molecule has 0 spiro atoms. The van der Waals surface area contributed by atoms with E-state index in [4.69, 9.17) is 4.74 Å². The van der Waals surface area contributed by atoms with Gasteiger partial charge in [-0.05, 0) is 46.1 Å². The van der Waals surface area contributed by atoms with Gasteiger partial charge in [0, 0.05) is 11.7 Å².